The van der Waals surface area contributed by atoms with Crippen molar-refractivity contribution in [3.8, 4) is 0 Å². The fourth-order valence-electron chi connectivity index (χ4n) is 1.36. The summed E-state index contributed by atoms with van der Waals surface area (Å²) in [5.74, 6) is -0.571. The minimum Gasteiger partial charge on any atom is -0.432 e. The maximum absolute atomic E-state index is 11.0. The molecule has 0 bridgehead atoms. The largest absolute Gasteiger partial charge is 0.432 e. The zero-order valence-corrected chi connectivity index (χ0v) is 9.95. The van der Waals surface area contributed by atoms with Crippen molar-refractivity contribution in [1.82, 2.24) is 0 Å². The maximum Gasteiger partial charge on any atom is 0.332 e. The van der Waals surface area contributed by atoms with Gasteiger partial charge in [-0.3, -0.25) is 0 Å². The van der Waals surface area contributed by atoms with Crippen LogP contribution in [0.25, 0.3) is 0 Å². The van der Waals surface area contributed by atoms with Gasteiger partial charge in [-0.15, -0.1) is 0 Å². The molecule has 2 atom stereocenters. The van der Waals surface area contributed by atoms with Crippen LogP contribution in [0.3, 0.4) is 0 Å². The number of hydrogen-bond donors (Lipinski definition) is 1. The monoisotopic (exact) mass is 214 g/mol. The van der Waals surface area contributed by atoms with Gasteiger partial charge >= 0.3 is 5.97 Å². The smallest absolute Gasteiger partial charge is 0.332 e. The van der Waals surface area contributed by atoms with E-state index in [-0.39, 0.29) is 5.41 Å². The fraction of sp³-hybridized carbons (Fsp3) is 0.750. The zero-order chi connectivity index (χ0) is 11.9. The Labute approximate surface area is 92.1 Å². The molecule has 1 N–H and O–H groups in total. The first-order chi connectivity index (χ1) is 7.00. The van der Waals surface area contributed by atoms with E-state index in [4.69, 9.17) is 4.74 Å². The SMILES string of the molecule is C=CC(=O)OC(O)C(C)(CC)CCCC. The molecule has 0 amide bonds. The van der Waals surface area contributed by atoms with Gasteiger partial charge in [0.2, 0.25) is 6.29 Å². The first-order valence-corrected chi connectivity index (χ1v) is 5.51. The minimum absolute atomic E-state index is 0.353. The molecule has 0 aliphatic heterocycles. The molecule has 0 heterocycles. The van der Waals surface area contributed by atoms with Crippen molar-refractivity contribution in [2.45, 2.75) is 52.7 Å². The van der Waals surface area contributed by atoms with E-state index in [0.717, 1.165) is 31.8 Å². The molecule has 15 heavy (non-hydrogen) atoms. The van der Waals surface area contributed by atoms with Crippen LogP contribution < -0.4 is 0 Å². The van der Waals surface area contributed by atoms with E-state index in [1.807, 2.05) is 13.8 Å². The van der Waals surface area contributed by atoms with E-state index < -0.39 is 12.3 Å². The summed E-state index contributed by atoms with van der Waals surface area (Å²) >= 11 is 0. The van der Waals surface area contributed by atoms with Gasteiger partial charge < -0.3 is 9.84 Å². The molecule has 0 rings (SSSR count). The number of ether oxygens (including phenoxy) is 1. The Kier molecular flexibility index (Phi) is 6.25. The molecular formula is C12H22O3. The zero-order valence-electron chi connectivity index (χ0n) is 9.95. The normalized spacial score (nSPS) is 16.5. The van der Waals surface area contributed by atoms with Crippen LogP contribution in [0, 0.1) is 5.41 Å². The highest BCUT2D eigenvalue weighted by Gasteiger charge is 2.33. The number of aliphatic hydroxyl groups excluding tert-OH is 1. The predicted molar refractivity (Wildman–Crippen MR) is 60.2 cm³/mol. The molecule has 0 aliphatic rings. The van der Waals surface area contributed by atoms with Gasteiger partial charge in [-0.2, -0.15) is 0 Å². The van der Waals surface area contributed by atoms with Crippen LogP contribution >= 0.6 is 0 Å². The maximum atomic E-state index is 11.0. The summed E-state index contributed by atoms with van der Waals surface area (Å²) in [5, 5.41) is 9.81. The third-order valence-corrected chi connectivity index (χ3v) is 2.90. The number of unbranched alkanes of at least 4 members (excludes halogenated alkanes) is 1. The molecule has 0 spiro atoms. The van der Waals surface area contributed by atoms with Crippen molar-refractivity contribution >= 4 is 5.97 Å². The molecule has 0 aromatic carbocycles. The molecule has 0 aromatic heterocycles. The number of esters is 1. The fourth-order valence-corrected chi connectivity index (χ4v) is 1.36. The Hall–Kier alpha value is -0.830. The highest BCUT2D eigenvalue weighted by molar-refractivity contribution is 5.81. The Balaban J connectivity index is 4.35. The van der Waals surface area contributed by atoms with Crippen molar-refractivity contribution in [1.29, 1.82) is 0 Å². The van der Waals surface area contributed by atoms with Gasteiger partial charge in [0, 0.05) is 11.5 Å². The highest BCUT2D eigenvalue weighted by atomic mass is 16.6. The van der Waals surface area contributed by atoms with Crippen LogP contribution in [0.4, 0.5) is 0 Å². The van der Waals surface area contributed by atoms with Gasteiger partial charge in [-0.25, -0.2) is 4.79 Å². The van der Waals surface area contributed by atoms with Crippen molar-refractivity contribution < 1.29 is 14.6 Å². The van der Waals surface area contributed by atoms with E-state index in [9.17, 15) is 9.90 Å². The van der Waals surface area contributed by atoms with Crippen LogP contribution in [-0.4, -0.2) is 17.4 Å². The van der Waals surface area contributed by atoms with Crippen LogP contribution in [0.15, 0.2) is 12.7 Å². The second-order valence-corrected chi connectivity index (χ2v) is 4.10. The number of rotatable bonds is 7. The Morgan fingerprint density at radius 1 is 1.60 bits per heavy atom. The highest BCUT2D eigenvalue weighted by Crippen LogP contribution is 2.32. The summed E-state index contributed by atoms with van der Waals surface area (Å²) < 4.78 is 4.85. The van der Waals surface area contributed by atoms with E-state index in [1.165, 1.54) is 0 Å². The number of carbonyl (C=O) groups excluding carboxylic acids is 1. The van der Waals surface area contributed by atoms with Gasteiger partial charge in [0.1, 0.15) is 0 Å². The summed E-state index contributed by atoms with van der Waals surface area (Å²) in [7, 11) is 0. The van der Waals surface area contributed by atoms with Crippen molar-refractivity contribution in [2.24, 2.45) is 5.41 Å². The van der Waals surface area contributed by atoms with Crippen LogP contribution in [0.1, 0.15) is 46.5 Å². The molecule has 0 saturated carbocycles. The van der Waals surface area contributed by atoms with Crippen LogP contribution in [0.2, 0.25) is 0 Å². The summed E-state index contributed by atoms with van der Waals surface area (Å²) in [6, 6.07) is 0. The van der Waals surface area contributed by atoms with E-state index in [2.05, 4.69) is 13.5 Å². The van der Waals surface area contributed by atoms with E-state index in [0.29, 0.717) is 0 Å². The molecule has 0 aliphatic carbocycles. The van der Waals surface area contributed by atoms with Gasteiger partial charge in [-0.05, 0) is 12.8 Å². The number of hydrogen-bond acceptors (Lipinski definition) is 3. The topological polar surface area (TPSA) is 46.5 Å². The first-order valence-electron chi connectivity index (χ1n) is 5.51. The van der Waals surface area contributed by atoms with Gasteiger partial charge in [-0.1, -0.05) is 40.2 Å². The molecular weight excluding hydrogens is 192 g/mol. The van der Waals surface area contributed by atoms with Crippen LogP contribution in [-0.2, 0) is 9.53 Å². The second-order valence-electron chi connectivity index (χ2n) is 4.10. The Morgan fingerprint density at radius 3 is 2.60 bits per heavy atom. The quantitative estimate of drug-likeness (QED) is 0.402. The minimum atomic E-state index is -1.04. The molecule has 88 valence electrons. The van der Waals surface area contributed by atoms with Gasteiger partial charge in [0.15, 0.2) is 0 Å². The van der Waals surface area contributed by atoms with Crippen molar-refractivity contribution in [3.63, 3.8) is 0 Å². The average Bonchev–Trinajstić information content (AvgIpc) is 2.25. The molecule has 0 radical (unpaired) electrons. The third kappa shape index (κ3) is 4.47. The van der Waals surface area contributed by atoms with Crippen molar-refractivity contribution in [3.05, 3.63) is 12.7 Å². The first kappa shape index (κ1) is 14.2. The van der Waals surface area contributed by atoms with Crippen LogP contribution in [0.5, 0.6) is 0 Å². The Bertz CT molecular complexity index is 213. The molecule has 0 aromatic rings. The lowest BCUT2D eigenvalue weighted by Crippen LogP contribution is -2.35. The second kappa shape index (κ2) is 6.62. The third-order valence-electron chi connectivity index (χ3n) is 2.90. The molecule has 0 saturated heterocycles. The summed E-state index contributed by atoms with van der Waals surface area (Å²) in [6.07, 6.45) is 3.74. The molecule has 0 fully saturated rings. The molecule has 3 heteroatoms. The average molecular weight is 214 g/mol. The summed E-state index contributed by atoms with van der Waals surface area (Å²) in [4.78, 5) is 11.0. The Morgan fingerprint density at radius 2 is 2.20 bits per heavy atom. The lowest BCUT2D eigenvalue weighted by molar-refractivity contribution is -0.187. The van der Waals surface area contributed by atoms with E-state index >= 15 is 0 Å². The molecule has 3 nitrogen and oxygen atoms in total. The standard InChI is InChI=1S/C12H22O3/c1-5-8-9-12(4,7-3)11(14)15-10(13)6-2/h6,11,14H,2,5,7-9H2,1,3-4H3. The summed E-state index contributed by atoms with van der Waals surface area (Å²) in [6.45, 7) is 9.31. The van der Waals surface area contributed by atoms with Crippen molar-refractivity contribution in [2.75, 3.05) is 0 Å². The number of carbonyl (C=O) groups is 1. The van der Waals surface area contributed by atoms with E-state index in [1.54, 1.807) is 0 Å². The molecule has 2 unspecified atom stereocenters. The van der Waals surface area contributed by atoms with Gasteiger partial charge in [0.25, 0.3) is 0 Å². The van der Waals surface area contributed by atoms with Gasteiger partial charge in [0.05, 0.1) is 0 Å². The predicted octanol–water partition coefficient (Wildman–Crippen LogP) is 2.64. The lowest BCUT2D eigenvalue weighted by atomic mass is 9.81. The number of aliphatic hydroxyl groups is 1. The lowest BCUT2D eigenvalue weighted by Gasteiger charge is -2.32. The summed E-state index contributed by atoms with van der Waals surface area (Å²) in [5.41, 5.74) is -0.353.